The predicted molar refractivity (Wildman–Crippen MR) is 81.5 cm³/mol. The van der Waals surface area contributed by atoms with Gasteiger partial charge in [0.25, 0.3) is 0 Å². The first kappa shape index (κ1) is 14.0. The molecule has 0 bridgehead atoms. The van der Waals surface area contributed by atoms with E-state index in [-0.39, 0.29) is 22.8 Å². The first-order valence-corrected chi connectivity index (χ1v) is 6.88. The van der Waals surface area contributed by atoms with E-state index in [4.69, 9.17) is 11.6 Å². The summed E-state index contributed by atoms with van der Waals surface area (Å²) < 4.78 is 1.32. The number of H-pyrrole nitrogens is 1. The first-order chi connectivity index (χ1) is 10.7. The smallest absolute Gasteiger partial charge is 0.304 e. The number of ketones is 1. The van der Waals surface area contributed by atoms with E-state index < -0.39 is 5.69 Å². The average molecular weight is 313 g/mol. The molecule has 6 nitrogen and oxygen atoms in total. The number of imidazole rings is 1. The fourth-order valence-corrected chi connectivity index (χ4v) is 2.48. The highest BCUT2D eigenvalue weighted by molar-refractivity contribution is 6.31. The number of aromatic nitrogens is 3. The quantitative estimate of drug-likeness (QED) is 0.591. The number of carbonyl (C=O) groups is 1. The Morgan fingerprint density at radius 2 is 2.23 bits per heavy atom. The third kappa shape index (κ3) is 2.08. The fourth-order valence-electron chi connectivity index (χ4n) is 2.34. The SMILES string of the molecule is N#Cc1ccc(C(=O)CCl)c2c1[nH]c(=O)n2-c1cccnc1. The van der Waals surface area contributed by atoms with Gasteiger partial charge in [0.05, 0.1) is 34.4 Å². The Balaban J connectivity index is 2.48. The third-order valence-electron chi connectivity index (χ3n) is 3.28. The Bertz CT molecular complexity index is 967. The van der Waals surface area contributed by atoms with Crippen LogP contribution in [0.4, 0.5) is 0 Å². The molecule has 22 heavy (non-hydrogen) atoms. The number of carbonyl (C=O) groups excluding carboxylic acids is 1. The molecule has 3 aromatic rings. The second-order valence-electron chi connectivity index (χ2n) is 4.53. The third-order valence-corrected chi connectivity index (χ3v) is 3.53. The van der Waals surface area contributed by atoms with E-state index in [1.165, 1.54) is 22.9 Å². The Morgan fingerprint density at radius 1 is 1.41 bits per heavy atom. The summed E-state index contributed by atoms with van der Waals surface area (Å²) in [6, 6.07) is 8.37. The largest absolute Gasteiger partial charge is 0.331 e. The van der Waals surface area contributed by atoms with Crippen molar-refractivity contribution in [1.29, 1.82) is 5.26 Å². The van der Waals surface area contributed by atoms with Crippen LogP contribution in [0.5, 0.6) is 0 Å². The zero-order valence-corrected chi connectivity index (χ0v) is 12.0. The number of hydrogen-bond donors (Lipinski definition) is 1. The van der Waals surface area contributed by atoms with Gasteiger partial charge in [0.15, 0.2) is 5.78 Å². The van der Waals surface area contributed by atoms with Crippen LogP contribution in [0.1, 0.15) is 15.9 Å². The summed E-state index contributed by atoms with van der Waals surface area (Å²) in [5.41, 5.74) is 1.26. The summed E-state index contributed by atoms with van der Waals surface area (Å²) in [6.07, 6.45) is 3.08. The molecule has 3 rings (SSSR count). The van der Waals surface area contributed by atoms with Crippen LogP contribution in [0.15, 0.2) is 41.5 Å². The number of rotatable bonds is 3. The monoisotopic (exact) mass is 312 g/mol. The number of alkyl halides is 1. The lowest BCUT2D eigenvalue weighted by Gasteiger charge is -2.07. The highest BCUT2D eigenvalue weighted by Crippen LogP contribution is 2.23. The van der Waals surface area contributed by atoms with Gasteiger partial charge in [-0.05, 0) is 24.3 Å². The molecule has 1 aromatic carbocycles. The van der Waals surface area contributed by atoms with Gasteiger partial charge < -0.3 is 4.98 Å². The molecule has 0 fully saturated rings. The van der Waals surface area contributed by atoms with Crippen LogP contribution in [0.3, 0.4) is 0 Å². The zero-order chi connectivity index (χ0) is 15.7. The van der Waals surface area contributed by atoms with E-state index in [1.807, 2.05) is 6.07 Å². The summed E-state index contributed by atoms with van der Waals surface area (Å²) in [4.78, 5) is 31.0. The maximum Gasteiger partial charge on any atom is 0.331 e. The minimum absolute atomic E-state index is 0.215. The number of benzene rings is 1. The Labute approximate surface area is 129 Å². The van der Waals surface area contributed by atoms with Crippen molar-refractivity contribution in [2.45, 2.75) is 0 Å². The minimum Gasteiger partial charge on any atom is -0.304 e. The number of Topliss-reactive ketones (excluding diaryl/α,β-unsaturated/α-hetero) is 1. The van der Waals surface area contributed by atoms with Crippen molar-refractivity contribution in [3.63, 3.8) is 0 Å². The molecular formula is C15H9ClN4O2. The maximum absolute atomic E-state index is 12.3. The molecule has 0 saturated heterocycles. The van der Waals surface area contributed by atoms with Crippen molar-refractivity contribution in [2.75, 3.05) is 5.88 Å². The lowest BCUT2D eigenvalue weighted by Crippen LogP contribution is -2.16. The fraction of sp³-hybridized carbons (Fsp3) is 0.0667. The molecule has 108 valence electrons. The van der Waals surface area contributed by atoms with E-state index in [0.717, 1.165) is 0 Å². The Hall–Kier alpha value is -2.91. The lowest BCUT2D eigenvalue weighted by atomic mass is 10.1. The summed E-state index contributed by atoms with van der Waals surface area (Å²) in [5, 5.41) is 9.19. The summed E-state index contributed by atoms with van der Waals surface area (Å²) in [6.45, 7) is 0. The number of aromatic amines is 1. The van der Waals surface area contributed by atoms with Gasteiger partial charge >= 0.3 is 5.69 Å². The molecule has 0 atom stereocenters. The van der Waals surface area contributed by atoms with Crippen LogP contribution < -0.4 is 5.69 Å². The number of nitrogens with one attached hydrogen (secondary N) is 1. The number of nitrogens with zero attached hydrogens (tertiary/aromatic N) is 3. The molecular weight excluding hydrogens is 304 g/mol. The predicted octanol–water partition coefficient (Wildman–Crippen LogP) is 2.01. The highest BCUT2D eigenvalue weighted by atomic mass is 35.5. The van der Waals surface area contributed by atoms with Gasteiger partial charge in [-0.3, -0.25) is 14.3 Å². The molecule has 0 aliphatic rings. The van der Waals surface area contributed by atoms with Gasteiger partial charge in [0.1, 0.15) is 6.07 Å². The van der Waals surface area contributed by atoms with Gasteiger partial charge in [-0.1, -0.05) is 0 Å². The van der Waals surface area contributed by atoms with Gasteiger partial charge in [0, 0.05) is 11.8 Å². The van der Waals surface area contributed by atoms with Gasteiger partial charge in [-0.2, -0.15) is 5.26 Å². The van der Waals surface area contributed by atoms with E-state index in [1.54, 1.807) is 18.3 Å². The number of halogens is 1. The van der Waals surface area contributed by atoms with Gasteiger partial charge in [-0.25, -0.2) is 4.79 Å². The summed E-state index contributed by atoms with van der Waals surface area (Å²) in [7, 11) is 0. The van der Waals surface area contributed by atoms with E-state index in [9.17, 15) is 14.9 Å². The molecule has 2 aromatic heterocycles. The minimum atomic E-state index is -0.450. The molecule has 1 N–H and O–H groups in total. The number of nitriles is 1. The van der Waals surface area contributed by atoms with Crippen LogP contribution in [0, 0.1) is 11.3 Å². The van der Waals surface area contributed by atoms with Crippen LogP contribution in [0.2, 0.25) is 0 Å². The van der Waals surface area contributed by atoms with E-state index >= 15 is 0 Å². The number of hydrogen-bond acceptors (Lipinski definition) is 4. The normalized spacial score (nSPS) is 10.5. The van der Waals surface area contributed by atoms with Crippen LogP contribution >= 0.6 is 11.6 Å². The van der Waals surface area contributed by atoms with Crippen LogP contribution in [0.25, 0.3) is 16.7 Å². The maximum atomic E-state index is 12.3. The Kier molecular flexibility index (Phi) is 3.49. The Morgan fingerprint density at radius 3 is 2.86 bits per heavy atom. The van der Waals surface area contributed by atoms with Crippen molar-refractivity contribution >= 4 is 28.4 Å². The van der Waals surface area contributed by atoms with Crippen LogP contribution in [-0.2, 0) is 0 Å². The van der Waals surface area contributed by atoms with Crippen molar-refractivity contribution in [3.8, 4) is 11.8 Å². The number of fused-ring (bicyclic) bond motifs is 1. The molecule has 0 amide bonds. The standard InChI is InChI=1S/C15H9ClN4O2/c16-6-12(21)11-4-3-9(7-17)13-14(11)20(15(22)19-13)10-2-1-5-18-8-10/h1-5,8H,6H2,(H,19,22). The van der Waals surface area contributed by atoms with Gasteiger partial charge in [0.2, 0.25) is 0 Å². The molecule has 0 spiro atoms. The van der Waals surface area contributed by atoms with Crippen molar-refractivity contribution < 1.29 is 4.79 Å². The topological polar surface area (TPSA) is 91.5 Å². The lowest BCUT2D eigenvalue weighted by molar-refractivity contribution is 0.102. The van der Waals surface area contributed by atoms with E-state index in [0.29, 0.717) is 16.7 Å². The summed E-state index contributed by atoms with van der Waals surface area (Å²) >= 11 is 5.64. The zero-order valence-electron chi connectivity index (χ0n) is 11.2. The average Bonchev–Trinajstić information content (AvgIpc) is 2.90. The molecule has 7 heteroatoms. The highest BCUT2D eigenvalue weighted by Gasteiger charge is 2.19. The molecule has 0 saturated carbocycles. The summed E-state index contributed by atoms with van der Waals surface area (Å²) in [5.74, 6) is -0.541. The van der Waals surface area contributed by atoms with Crippen molar-refractivity contribution in [3.05, 3.63) is 58.3 Å². The van der Waals surface area contributed by atoms with Crippen molar-refractivity contribution in [2.24, 2.45) is 0 Å². The van der Waals surface area contributed by atoms with Crippen LogP contribution in [-0.4, -0.2) is 26.2 Å². The second kappa shape index (κ2) is 5.47. The molecule has 0 aliphatic heterocycles. The van der Waals surface area contributed by atoms with Gasteiger partial charge in [-0.15, -0.1) is 11.6 Å². The molecule has 0 unspecified atom stereocenters. The molecule has 0 radical (unpaired) electrons. The molecule has 0 aliphatic carbocycles. The van der Waals surface area contributed by atoms with Crippen molar-refractivity contribution in [1.82, 2.24) is 14.5 Å². The second-order valence-corrected chi connectivity index (χ2v) is 4.80. The first-order valence-electron chi connectivity index (χ1n) is 6.34. The van der Waals surface area contributed by atoms with E-state index in [2.05, 4.69) is 9.97 Å². The number of pyridine rings is 1. The molecule has 2 heterocycles.